The van der Waals surface area contributed by atoms with Crippen LogP contribution in [0, 0.1) is 0 Å². The highest BCUT2D eigenvalue weighted by molar-refractivity contribution is 6.35. The molecular formula is C28H17ClN2. The molecule has 2 aromatic heterocycles. The Morgan fingerprint density at radius 3 is 2.19 bits per heavy atom. The molecule has 31 heavy (non-hydrogen) atoms. The third-order valence-electron chi connectivity index (χ3n) is 6.38. The lowest BCUT2D eigenvalue weighted by Crippen LogP contribution is -1.96. The van der Waals surface area contributed by atoms with Crippen molar-refractivity contribution in [2.75, 3.05) is 0 Å². The van der Waals surface area contributed by atoms with Gasteiger partial charge in [0.15, 0.2) is 0 Å². The fourth-order valence-electron chi connectivity index (χ4n) is 5.10. The van der Waals surface area contributed by atoms with Crippen LogP contribution in [-0.4, -0.2) is 9.55 Å². The number of halogens is 1. The van der Waals surface area contributed by atoms with Gasteiger partial charge in [0, 0.05) is 38.0 Å². The zero-order valence-electron chi connectivity index (χ0n) is 16.6. The van der Waals surface area contributed by atoms with E-state index in [-0.39, 0.29) is 0 Å². The van der Waals surface area contributed by atoms with E-state index in [9.17, 15) is 0 Å². The summed E-state index contributed by atoms with van der Waals surface area (Å²) in [6.07, 6.45) is 0. The van der Waals surface area contributed by atoms with Gasteiger partial charge in [-0.25, -0.2) is 0 Å². The number of nitrogens with zero attached hydrogens (tertiary/aromatic N) is 1. The first-order valence-corrected chi connectivity index (χ1v) is 10.8. The maximum Gasteiger partial charge on any atom is 0.0726 e. The molecule has 0 unspecified atom stereocenters. The van der Waals surface area contributed by atoms with Crippen LogP contribution in [0.25, 0.3) is 60.1 Å². The van der Waals surface area contributed by atoms with Gasteiger partial charge in [-0.1, -0.05) is 78.3 Å². The number of rotatable bonds is 1. The average molecular weight is 417 g/mol. The highest BCUT2D eigenvalue weighted by atomic mass is 35.5. The Morgan fingerprint density at radius 2 is 1.29 bits per heavy atom. The van der Waals surface area contributed by atoms with Gasteiger partial charge < -0.3 is 9.55 Å². The first-order valence-electron chi connectivity index (χ1n) is 10.4. The van der Waals surface area contributed by atoms with Crippen LogP contribution in [0.5, 0.6) is 0 Å². The van der Waals surface area contributed by atoms with Crippen molar-refractivity contribution in [3.8, 4) is 5.69 Å². The zero-order valence-corrected chi connectivity index (χ0v) is 17.3. The fraction of sp³-hybridized carbons (Fsp3) is 0. The minimum atomic E-state index is 0.750. The van der Waals surface area contributed by atoms with Gasteiger partial charge >= 0.3 is 0 Å². The van der Waals surface area contributed by atoms with Crippen LogP contribution in [0.2, 0.25) is 5.02 Å². The van der Waals surface area contributed by atoms with Crippen molar-refractivity contribution in [1.82, 2.24) is 9.55 Å². The lowest BCUT2D eigenvalue weighted by Gasteiger charge is -2.13. The molecule has 0 saturated heterocycles. The summed E-state index contributed by atoms with van der Waals surface area (Å²) in [6.45, 7) is 0. The summed E-state index contributed by atoms with van der Waals surface area (Å²) in [4.78, 5) is 3.59. The molecule has 1 N–H and O–H groups in total. The molecule has 0 aliphatic carbocycles. The second-order valence-electron chi connectivity index (χ2n) is 8.02. The largest absolute Gasteiger partial charge is 0.354 e. The molecule has 0 bridgehead atoms. The minimum absolute atomic E-state index is 0.750. The third kappa shape index (κ3) is 2.23. The molecule has 0 aliphatic heterocycles. The molecule has 0 aliphatic rings. The Hall–Kier alpha value is -3.75. The van der Waals surface area contributed by atoms with E-state index < -0.39 is 0 Å². The summed E-state index contributed by atoms with van der Waals surface area (Å²) in [7, 11) is 0. The maximum absolute atomic E-state index is 6.86. The third-order valence-corrected chi connectivity index (χ3v) is 6.68. The summed E-state index contributed by atoms with van der Waals surface area (Å²) in [5.74, 6) is 0. The molecule has 0 atom stereocenters. The predicted molar refractivity (Wildman–Crippen MR) is 133 cm³/mol. The topological polar surface area (TPSA) is 20.7 Å². The fourth-order valence-corrected chi connectivity index (χ4v) is 5.35. The Morgan fingerprint density at radius 1 is 0.548 bits per heavy atom. The molecule has 0 radical (unpaired) electrons. The van der Waals surface area contributed by atoms with Gasteiger partial charge in [0.1, 0.15) is 0 Å². The smallest absolute Gasteiger partial charge is 0.0726 e. The predicted octanol–water partition coefficient (Wildman–Crippen LogP) is 8.22. The van der Waals surface area contributed by atoms with E-state index in [2.05, 4.69) is 101 Å². The summed E-state index contributed by atoms with van der Waals surface area (Å²) in [5, 5.41) is 8.08. The van der Waals surface area contributed by atoms with Gasteiger partial charge in [-0.2, -0.15) is 0 Å². The Balaban J connectivity index is 1.77. The van der Waals surface area contributed by atoms with Crippen molar-refractivity contribution in [3.63, 3.8) is 0 Å². The Labute approximate surface area is 183 Å². The van der Waals surface area contributed by atoms with Crippen LogP contribution < -0.4 is 0 Å². The highest BCUT2D eigenvalue weighted by Gasteiger charge is 2.19. The molecule has 7 rings (SSSR count). The van der Waals surface area contributed by atoms with Crippen LogP contribution in [0.15, 0.2) is 97.1 Å². The zero-order chi connectivity index (χ0) is 20.5. The van der Waals surface area contributed by atoms with E-state index in [0.29, 0.717) is 0 Å². The number of nitrogens with one attached hydrogen (secondary N) is 1. The van der Waals surface area contributed by atoms with Gasteiger partial charge in [-0.15, -0.1) is 0 Å². The molecule has 3 heteroatoms. The monoisotopic (exact) mass is 416 g/mol. The number of benzene rings is 5. The van der Waals surface area contributed by atoms with Crippen molar-refractivity contribution in [1.29, 1.82) is 0 Å². The van der Waals surface area contributed by atoms with E-state index >= 15 is 0 Å². The molecule has 5 aromatic carbocycles. The van der Waals surface area contributed by atoms with Crippen molar-refractivity contribution >= 4 is 66.0 Å². The van der Waals surface area contributed by atoms with Crippen LogP contribution in [0.3, 0.4) is 0 Å². The average Bonchev–Trinajstić information content (AvgIpc) is 3.35. The second kappa shape index (κ2) is 6.13. The molecule has 0 fully saturated rings. The molecule has 0 amide bonds. The van der Waals surface area contributed by atoms with Gasteiger partial charge in [0.25, 0.3) is 0 Å². The van der Waals surface area contributed by atoms with E-state index in [0.717, 1.165) is 38.2 Å². The van der Waals surface area contributed by atoms with Crippen molar-refractivity contribution < 1.29 is 0 Å². The first kappa shape index (κ1) is 17.0. The van der Waals surface area contributed by atoms with E-state index in [4.69, 9.17) is 11.6 Å². The number of aromatic nitrogens is 2. The SMILES string of the molecule is Clc1ccc2ccccc2c1-n1c2ccccc2c2c3c(ccc21)[nH]c1ccccc13. The normalized spacial score (nSPS) is 12.0. The van der Waals surface area contributed by atoms with Crippen LogP contribution in [-0.2, 0) is 0 Å². The van der Waals surface area contributed by atoms with E-state index in [1.54, 1.807) is 0 Å². The number of hydrogen-bond acceptors (Lipinski definition) is 0. The molecule has 2 nitrogen and oxygen atoms in total. The first-order chi connectivity index (χ1) is 15.3. The van der Waals surface area contributed by atoms with Crippen molar-refractivity contribution in [3.05, 3.63) is 102 Å². The van der Waals surface area contributed by atoms with Crippen LogP contribution >= 0.6 is 11.6 Å². The Kier molecular flexibility index (Phi) is 3.36. The molecule has 146 valence electrons. The summed E-state index contributed by atoms with van der Waals surface area (Å²) < 4.78 is 2.33. The van der Waals surface area contributed by atoms with Crippen LogP contribution in [0.1, 0.15) is 0 Å². The molecule has 0 saturated carbocycles. The molecule has 0 spiro atoms. The van der Waals surface area contributed by atoms with Gasteiger partial charge in [0.05, 0.1) is 21.7 Å². The maximum atomic E-state index is 6.86. The Bertz CT molecular complexity index is 1800. The summed E-state index contributed by atoms with van der Waals surface area (Å²) >= 11 is 6.86. The quantitative estimate of drug-likeness (QED) is 0.278. The summed E-state index contributed by atoms with van der Waals surface area (Å²) in [6, 6.07) is 34.1. The van der Waals surface area contributed by atoms with E-state index in [1.165, 1.54) is 26.9 Å². The van der Waals surface area contributed by atoms with Crippen molar-refractivity contribution in [2.24, 2.45) is 0 Å². The summed E-state index contributed by atoms with van der Waals surface area (Å²) in [5.41, 5.74) is 5.67. The number of hydrogen-bond donors (Lipinski definition) is 1. The molecular weight excluding hydrogens is 400 g/mol. The lowest BCUT2D eigenvalue weighted by atomic mass is 10.1. The second-order valence-corrected chi connectivity index (χ2v) is 8.43. The van der Waals surface area contributed by atoms with Gasteiger partial charge in [-0.05, 0) is 35.7 Å². The molecule has 2 heterocycles. The standard InChI is InChI=1S/C28H17ClN2/c29-21-14-13-17-7-1-2-8-18(17)28(21)31-24-12-6-4-10-20(24)27-25(31)16-15-23-26(27)19-9-3-5-11-22(19)30-23/h1-16,30H. The number of fused-ring (bicyclic) bond motifs is 8. The van der Waals surface area contributed by atoms with Gasteiger partial charge in [0.2, 0.25) is 0 Å². The number of para-hydroxylation sites is 2. The van der Waals surface area contributed by atoms with Crippen molar-refractivity contribution in [2.45, 2.75) is 0 Å². The van der Waals surface area contributed by atoms with E-state index in [1.807, 2.05) is 6.07 Å². The number of H-pyrrole nitrogens is 1. The number of aromatic amines is 1. The van der Waals surface area contributed by atoms with Crippen LogP contribution in [0.4, 0.5) is 0 Å². The highest BCUT2D eigenvalue weighted by Crippen LogP contribution is 2.42. The lowest BCUT2D eigenvalue weighted by molar-refractivity contribution is 1.20. The minimum Gasteiger partial charge on any atom is -0.354 e. The van der Waals surface area contributed by atoms with Gasteiger partial charge in [-0.3, -0.25) is 0 Å². The molecule has 7 aromatic rings.